The SMILES string of the molecule is [B]c1cc(F)c(/C(O)=C\CC)cc1F. The number of benzene rings is 1. The molecular weight excluding hydrogens is 185 g/mol. The lowest BCUT2D eigenvalue weighted by atomic mass is 9.93. The summed E-state index contributed by atoms with van der Waals surface area (Å²) in [5.74, 6) is -1.74. The average molecular weight is 194 g/mol. The summed E-state index contributed by atoms with van der Waals surface area (Å²) in [4.78, 5) is 0. The van der Waals surface area contributed by atoms with Gasteiger partial charge in [-0.05, 0) is 24.6 Å². The maximum absolute atomic E-state index is 13.2. The molecule has 72 valence electrons. The van der Waals surface area contributed by atoms with Gasteiger partial charge in [0.25, 0.3) is 0 Å². The predicted octanol–water partition coefficient (Wildman–Crippen LogP) is 2.07. The van der Waals surface area contributed by atoms with Crippen LogP contribution >= 0.6 is 0 Å². The van der Waals surface area contributed by atoms with E-state index in [0.29, 0.717) is 6.42 Å². The van der Waals surface area contributed by atoms with Crippen LogP contribution in [0.15, 0.2) is 18.2 Å². The lowest BCUT2D eigenvalue weighted by molar-refractivity contribution is 0.498. The van der Waals surface area contributed by atoms with Gasteiger partial charge in [-0.25, -0.2) is 8.78 Å². The molecule has 0 unspecified atom stereocenters. The summed E-state index contributed by atoms with van der Waals surface area (Å²) in [6, 6.07) is 1.73. The quantitative estimate of drug-likeness (QED) is 0.564. The van der Waals surface area contributed by atoms with E-state index in [4.69, 9.17) is 7.85 Å². The first-order valence-corrected chi connectivity index (χ1v) is 4.20. The number of aliphatic hydroxyl groups is 1. The number of hydrogen-bond donors (Lipinski definition) is 1. The highest BCUT2D eigenvalue weighted by molar-refractivity contribution is 6.32. The number of allylic oxidation sites excluding steroid dienone is 1. The molecule has 0 fully saturated rings. The van der Waals surface area contributed by atoms with Gasteiger partial charge in [-0.1, -0.05) is 12.4 Å². The summed E-state index contributed by atoms with van der Waals surface area (Å²) >= 11 is 0. The molecule has 0 amide bonds. The summed E-state index contributed by atoms with van der Waals surface area (Å²) in [5.41, 5.74) is -0.436. The Hall–Kier alpha value is -1.32. The van der Waals surface area contributed by atoms with E-state index in [0.717, 1.165) is 12.1 Å². The minimum atomic E-state index is -0.738. The van der Waals surface area contributed by atoms with Crippen LogP contribution in [0.1, 0.15) is 18.9 Å². The van der Waals surface area contributed by atoms with Crippen molar-refractivity contribution in [3.05, 3.63) is 35.4 Å². The zero-order chi connectivity index (χ0) is 10.7. The van der Waals surface area contributed by atoms with Crippen LogP contribution in [-0.4, -0.2) is 13.0 Å². The zero-order valence-corrected chi connectivity index (χ0v) is 7.72. The lowest BCUT2D eigenvalue weighted by Crippen LogP contribution is -2.10. The molecule has 0 saturated heterocycles. The van der Waals surface area contributed by atoms with Crippen LogP contribution in [0.4, 0.5) is 8.78 Å². The van der Waals surface area contributed by atoms with Crippen molar-refractivity contribution in [2.75, 3.05) is 0 Å². The Morgan fingerprint density at radius 3 is 2.64 bits per heavy atom. The smallest absolute Gasteiger partial charge is 0.133 e. The maximum Gasteiger partial charge on any atom is 0.133 e. The second kappa shape index (κ2) is 4.27. The summed E-state index contributed by atoms with van der Waals surface area (Å²) in [6.45, 7) is 1.78. The topological polar surface area (TPSA) is 20.2 Å². The fourth-order valence-electron chi connectivity index (χ4n) is 1.06. The van der Waals surface area contributed by atoms with Gasteiger partial charge in [0.2, 0.25) is 0 Å². The molecule has 1 nitrogen and oxygen atoms in total. The van der Waals surface area contributed by atoms with Crippen molar-refractivity contribution in [3.63, 3.8) is 0 Å². The van der Waals surface area contributed by atoms with E-state index >= 15 is 0 Å². The third-order valence-corrected chi connectivity index (χ3v) is 1.76. The largest absolute Gasteiger partial charge is 0.508 e. The van der Waals surface area contributed by atoms with Crippen LogP contribution in [0.5, 0.6) is 0 Å². The molecule has 0 aliphatic carbocycles. The van der Waals surface area contributed by atoms with Crippen molar-refractivity contribution in [2.24, 2.45) is 0 Å². The van der Waals surface area contributed by atoms with Crippen LogP contribution in [0.25, 0.3) is 5.76 Å². The van der Waals surface area contributed by atoms with Gasteiger partial charge in [0, 0.05) is 0 Å². The Kier molecular flexibility index (Phi) is 3.28. The highest BCUT2D eigenvalue weighted by Gasteiger charge is 2.09. The number of rotatable bonds is 2. The van der Waals surface area contributed by atoms with Crippen molar-refractivity contribution in [1.29, 1.82) is 0 Å². The molecule has 1 N–H and O–H groups in total. The maximum atomic E-state index is 13.2. The molecule has 2 radical (unpaired) electrons. The monoisotopic (exact) mass is 194 g/mol. The molecule has 4 heteroatoms. The molecule has 1 aromatic carbocycles. The predicted molar refractivity (Wildman–Crippen MR) is 52.6 cm³/mol. The molecule has 0 aliphatic rings. The number of hydrogen-bond acceptors (Lipinski definition) is 1. The highest BCUT2D eigenvalue weighted by atomic mass is 19.1. The van der Waals surface area contributed by atoms with Crippen molar-refractivity contribution in [1.82, 2.24) is 0 Å². The Balaban J connectivity index is 3.22. The Morgan fingerprint density at radius 1 is 1.43 bits per heavy atom. The van der Waals surface area contributed by atoms with Crippen LogP contribution in [-0.2, 0) is 0 Å². The number of aliphatic hydroxyl groups excluding tert-OH is 1. The standard InChI is InChI=1S/C10H9BF2O/c1-2-3-10(14)6-4-9(13)7(11)5-8(6)12/h3-5,14H,2H2,1H3/b10-3+. The second-order valence-corrected chi connectivity index (χ2v) is 2.85. The molecule has 0 aliphatic heterocycles. The van der Waals surface area contributed by atoms with E-state index in [1.54, 1.807) is 6.92 Å². The van der Waals surface area contributed by atoms with Gasteiger partial charge < -0.3 is 5.11 Å². The molecule has 1 rings (SSSR count). The van der Waals surface area contributed by atoms with E-state index in [1.807, 2.05) is 0 Å². The van der Waals surface area contributed by atoms with Gasteiger partial charge in [-0.3, -0.25) is 0 Å². The van der Waals surface area contributed by atoms with E-state index in [1.165, 1.54) is 6.08 Å². The van der Waals surface area contributed by atoms with Crippen LogP contribution < -0.4 is 5.46 Å². The van der Waals surface area contributed by atoms with Crippen molar-refractivity contribution in [2.45, 2.75) is 13.3 Å². The Bertz CT molecular complexity index is 375. The van der Waals surface area contributed by atoms with Gasteiger partial charge >= 0.3 is 0 Å². The van der Waals surface area contributed by atoms with E-state index < -0.39 is 11.6 Å². The first kappa shape index (κ1) is 10.8. The van der Waals surface area contributed by atoms with Crippen LogP contribution in [0.2, 0.25) is 0 Å². The molecule has 0 aromatic heterocycles. The average Bonchev–Trinajstić information content (AvgIpc) is 2.11. The van der Waals surface area contributed by atoms with Crippen molar-refractivity contribution >= 4 is 19.1 Å². The van der Waals surface area contributed by atoms with Crippen molar-refractivity contribution < 1.29 is 13.9 Å². The minimum absolute atomic E-state index is 0.168. The van der Waals surface area contributed by atoms with Crippen molar-refractivity contribution in [3.8, 4) is 0 Å². The fourth-order valence-corrected chi connectivity index (χ4v) is 1.06. The molecular formula is C10H9BF2O. The lowest BCUT2D eigenvalue weighted by Gasteiger charge is -2.04. The van der Waals surface area contributed by atoms with Gasteiger partial charge in [0.15, 0.2) is 0 Å². The molecule has 0 heterocycles. The normalized spacial score (nSPS) is 11.8. The molecule has 0 atom stereocenters. The van der Waals surface area contributed by atoms with E-state index in [2.05, 4.69) is 0 Å². The summed E-state index contributed by atoms with van der Waals surface area (Å²) in [5, 5.41) is 9.33. The molecule has 0 bridgehead atoms. The molecule has 0 spiro atoms. The summed E-state index contributed by atoms with van der Waals surface area (Å²) in [7, 11) is 5.15. The third-order valence-electron chi connectivity index (χ3n) is 1.76. The first-order chi connectivity index (χ1) is 6.56. The van der Waals surface area contributed by atoms with Crippen LogP contribution in [0, 0.1) is 11.6 Å². The number of halogens is 2. The van der Waals surface area contributed by atoms with E-state index in [9.17, 15) is 13.9 Å². The molecule has 1 aromatic rings. The Labute approximate surface area is 82.5 Å². The zero-order valence-electron chi connectivity index (χ0n) is 7.72. The summed E-state index contributed by atoms with van der Waals surface area (Å²) in [6.07, 6.45) is 1.94. The van der Waals surface area contributed by atoms with E-state index in [-0.39, 0.29) is 16.8 Å². The first-order valence-electron chi connectivity index (χ1n) is 4.20. The summed E-state index contributed by atoms with van der Waals surface area (Å²) < 4.78 is 26.1. The molecule has 14 heavy (non-hydrogen) atoms. The van der Waals surface area contributed by atoms with Gasteiger partial charge in [-0.2, -0.15) is 0 Å². The third kappa shape index (κ3) is 2.13. The van der Waals surface area contributed by atoms with Gasteiger partial charge in [0.05, 0.1) is 5.56 Å². The fraction of sp³-hybridized carbons (Fsp3) is 0.200. The van der Waals surface area contributed by atoms with Crippen LogP contribution in [0.3, 0.4) is 0 Å². The second-order valence-electron chi connectivity index (χ2n) is 2.85. The van der Waals surface area contributed by atoms with Gasteiger partial charge in [-0.15, -0.1) is 0 Å². The Morgan fingerprint density at radius 2 is 2.07 bits per heavy atom. The highest BCUT2D eigenvalue weighted by Crippen LogP contribution is 2.16. The molecule has 0 saturated carbocycles. The minimum Gasteiger partial charge on any atom is -0.508 e. The van der Waals surface area contributed by atoms with Gasteiger partial charge in [0.1, 0.15) is 25.2 Å².